The van der Waals surface area contributed by atoms with Crippen LogP contribution in [0.15, 0.2) is 54.7 Å². The first-order valence-electron chi connectivity index (χ1n) is 9.44. The predicted octanol–water partition coefficient (Wildman–Crippen LogP) is 3.60. The van der Waals surface area contributed by atoms with Crippen molar-refractivity contribution in [3.05, 3.63) is 65.9 Å². The molecule has 2 unspecified atom stereocenters. The molecule has 2 aliphatic heterocycles. The summed E-state index contributed by atoms with van der Waals surface area (Å²) in [4.78, 5) is 18.5. The third-order valence-electron chi connectivity index (χ3n) is 5.60. The van der Waals surface area contributed by atoms with Gasteiger partial charge in [0.2, 0.25) is 6.79 Å². The van der Waals surface area contributed by atoms with Crippen LogP contribution in [0.5, 0.6) is 11.5 Å². The van der Waals surface area contributed by atoms with Crippen LogP contribution in [0, 0.1) is 0 Å². The van der Waals surface area contributed by atoms with Crippen LogP contribution in [-0.4, -0.2) is 40.3 Å². The summed E-state index contributed by atoms with van der Waals surface area (Å²) >= 11 is 0. The van der Waals surface area contributed by atoms with Gasteiger partial charge in [0.25, 0.3) is 0 Å². The number of aliphatic carboxylic acids is 1. The molecule has 3 aromatic rings. The number of pyridine rings is 1. The van der Waals surface area contributed by atoms with Crippen molar-refractivity contribution in [2.45, 2.75) is 24.9 Å². The molecule has 6 nitrogen and oxygen atoms in total. The summed E-state index contributed by atoms with van der Waals surface area (Å²) in [5.74, 6) is 0.645. The zero-order chi connectivity index (χ0) is 19.1. The molecule has 2 aromatic carbocycles. The van der Waals surface area contributed by atoms with Crippen LogP contribution in [0.2, 0.25) is 0 Å². The van der Waals surface area contributed by atoms with Gasteiger partial charge in [-0.25, -0.2) is 0 Å². The van der Waals surface area contributed by atoms with E-state index in [0.29, 0.717) is 12.2 Å². The highest BCUT2D eigenvalue weighted by Crippen LogP contribution is 2.41. The number of carboxylic acid groups (broad SMARTS) is 1. The van der Waals surface area contributed by atoms with Crippen LogP contribution >= 0.6 is 0 Å². The van der Waals surface area contributed by atoms with Crippen LogP contribution in [-0.2, 0) is 4.79 Å². The van der Waals surface area contributed by atoms with E-state index in [4.69, 9.17) is 9.47 Å². The maximum atomic E-state index is 11.9. The summed E-state index contributed by atoms with van der Waals surface area (Å²) in [6.07, 6.45) is 3.31. The summed E-state index contributed by atoms with van der Waals surface area (Å²) < 4.78 is 11.0. The highest BCUT2D eigenvalue weighted by atomic mass is 16.7. The molecule has 2 atom stereocenters. The number of likely N-dealkylation sites (tertiary alicyclic amines) is 1. The highest BCUT2D eigenvalue weighted by molar-refractivity contribution is 5.83. The van der Waals surface area contributed by atoms with Gasteiger partial charge in [0.05, 0.1) is 11.6 Å². The largest absolute Gasteiger partial charge is 0.480 e. The van der Waals surface area contributed by atoms with Crippen molar-refractivity contribution >= 4 is 16.9 Å². The molecule has 1 saturated heterocycles. The van der Waals surface area contributed by atoms with E-state index in [2.05, 4.69) is 9.88 Å². The van der Waals surface area contributed by atoms with Gasteiger partial charge in [-0.15, -0.1) is 0 Å². The van der Waals surface area contributed by atoms with E-state index in [0.717, 1.165) is 40.7 Å². The Bertz CT molecular complexity index is 1050. The van der Waals surface area contributed by atoms with E-state index in [1.807, 2.05) is 48.5 Å². The molecule has 5 rings (SSSR count). The molecule has 3 heterocycles. The summed E-state index contributed by atoms with van der Waals surface area (Å²) in [6, 6.07) is 15.1. The zero-order valence-corrected chi connectivity index (χ0v) is 15.2. The molecule has 1 fully saturated rings. The predicted molar refractivity (Wildman–Crippen MR) is 104 cm³/mol. The van der Waals surface area contributed by atoms with E-state index in [1.54, 1.807) is 6.20 Å². The SMILES string of the molecule is O=C(O)C1CCCN1C(c1ccc2c(c1)OCO2)c1ccnc2ccccc12. The van der Waals surface area contributed by atoms with Gasteiger partial charge in [0.15, 0.2) is 11.5 Å². The van der Waals surface area contributed by atoms with Gasteiger partial charge in [0, 0.05) is 18.1 Å². The fraction of sp³-hybridized carbons (Fsp3) is 0.273. The van der Waals surface area contributed by atoms with Gasteiger partial charge in [-0.1, -0.05) is 24.3 Å². The van der Waals surface area contributed by atoms with E-state index in [1.165, 1.54) is 0 Å². The number of ether oxygens (including phenoxy) is 2. The zero-order valence-electron chi connectivity index (χ0n) is 15.2. The Kier molecular flexibility index (Phi) is 4.13. The Morgan fingerprint density at radius 3 is 2.89 bits per heavy atom. The molecule has 142 valence electrons. The van der Waals surface area contributed by atoms with Crippen LogP contribution in [0.1, 0.15) is 30.0 Å². The topological polar surface area (TPSA) is 71.9 Å². The molecule has 0 amide bonds. The number of carbonyl (C=O) groups is 1. The number of hydrogen-bond donors (Lipinski definition) is 1. The smallest absolute Gasteiger partial charge is 0.320 e. The van der Waals surface area contributed by atoms with Crippen molar-refractivity contribution in [2.75, 3.05) is 13.3 Å². The fourth-order valence-corrected chi connectivity index (χ4v) is 4.35. The third-order valence-corrected chi connectivity index (χ3v) is 5.60. The summed E-state index contributed by atoms with van der Waals surface area (Å²) in [5, 5.41) is 10.8. The monoisotopic (exact) mass is 376 g/mol. The lowest BCUT2D eigenvalue weighted by Crippen LogP contribution is -2.39. The normalized spacial score (nSPS) is 19.8. The first-order valence-corrected chi connectivity index (χ1v) is 9.44. The molecule has 0 aliphatic carbocycles. The van der Waals surface area contributed by atoms with Crippen molar-refractivity contribution in [3.63, 3.8) is 0 Å². The van der Waals surface area contributed by atoms with Crippen LogP contribution in [0.4, 0.5) is 0 Å². The second-order valence-electron chi connectivity index (χ2n) is 7.17. The Morgan fingerprint density at radius 1 is 1.14 bits per heavy atom. The molecule has 6 heteroatoms. The van der Waals surface area contributed by atoms with Crippen molar-refractivity contribution in [1.29, 1.82) is 0 Å². The third kappa shape index (κ3) is 2.77. The van der Waals surface area contributed by atoms with Crippen molar-refractivity contribution in [3.8, 4) is 11.5 Å². The van der Waals surface area contributed by atoms with Crippen molar-refractivity contribution < 1.29 is 19.4 Å². The van der Waals surface area contributed by atoms with Gasteiger partial charge in [-0.2, -0.15) is 0 Å². The number of nitrogens with zero attached hydrogens (tertiary/aromatic N) is 2. The van der Waals surface area contributed by atoms with Crippen LogP contribution < -0.4 is 9.47 Å². The average Bonchev–Trinajstić information content (AvgIpc) is 3.38. The molecular weight excluding hydrogens is 356 g/mol. The Balaban J connectivity index is 1.70. The summed E-state index contributed by atoms with van der Waals surface area (Å²) in [6.45, 7) is 0.940. The quantitative estimate of drug-likeness (QED) is 0.750. The number of para-hydroxylation sites is 1. The fourth-order valence-electron chi connectivity index (χ4n) is 4.35. The van der Waals surface area contributed by atoms with Gasteiger partial charge in [-0.3, -0.25) is 14.7 Å². The first kappa shape index (κ1) is 17.0. The van der Waals surface area contributed by atoms with Gasteiger partial charge in [-0.05, 0) is 48.2 Å². The van der Waals surface area contributed by atoms with Crippen molar-refractivity contribution in [2.24, 2.45) is 0 Å². The lowest BCUT2D eigenvalue weighted by molar-refractivity contribution is -0.142. The maximum Gasteiger partial charge on any atom is 0.320 e. The van der Waals surface area contributed by atoms with E-state index >= 15 is 0 Å². The first-order chi connectivity index (χ1) is 13.7. The maximum absolute atomic E-state index is 11.9. The van der Waals surface area contributed by atoms with E-state index in [-0.39, 0.29) is 12.8 Å². The van der Waals surface area contributed by atoms with Gasteiger partial charge in [0.1, 0.15) is 6.04 Å². The number of aromatic nitrogens is 1. The Hall–Kier alpha value is -3.12. The molecule has 0 spiro atoms. The van der Waals surface area contributed by atoms with E-state index < -0.39 is 12.0 Å². The van der Waals surface area contributed by atoms with Gasteiger partial charge < -0.3 is 14.6 Å². The van der Waals surface area contributed by atoms with Crippen molar-refractivity contribution in [1.82, 2.24) is 9.88 Å². The molecule has 0 bridgehead atoms. The molecule has 2 aliphatic rings. The molecule has 1 aromatic heterocycles. The Labute approximate surface area is 162 Å². The molecule has 0 radical (unpaired) electrons. The van der Waals surface area contributed by atoms with Crippen LogP contribution in [0.25, 0.3) is 10.9 Å². The molecule has 28 heavy (non-hydrogen) atoms. The number of rotatable bonds is 4. The number of hydrogen-bond acceptors (Lipinski definition) is 5. The highest BCUT2D eigenvalue weighted by Gasteiger charge is 2.38. The number of fused-ring (bicyclic) bond motifs is 2. The second-order valence-corrected chi connectivity index (χ2v) is 7.17. The minimum absolute atomic E-state index is 0.203. The Morgan fingerprint density at radius 2 is 2.00 bits per heavy atom. The second kappa shape index (κ2) is 6.80. The molecule has 0 saturated carbocycles. The summed E-state index contributed by atoms with van der Waals surface area (Å²) in [5.41, 5.74) is 2.95. The summed E-state index contributed by atoms with van der Waals surface area (Å²) in [7, 11) is 0. The average molecular weight is 376 g/mol. The molecular formula is C22H20N2O4. The lowest BCUT2D eigenvalue weighted by atomic mass is 9.93. The van der Waals surface area contributed by atoms with Gasteiger partial charge >= 0.3 is 5.97 Å². The number of carboxylic acids is 1. The molecule has 1 N–H and O–H groups in total. The van der Waals surface area contributed by atoms with Crippen LogP contribution in [0.3, 0.4) is 0 Å². The lowest BCUT2D eigenvalue weighted by Gasteiger charge is -2.32. The minimum atomic E-state index is -0.776. The number of benzene rings is 2. The minimum Gasteiger partial charge on any atom is -0.480 e. The standard InChI is InChI=1S/C22H20N2O4/c25-22(26)18-6-3-11-24(18)21(14-7-8-19-20(12-14)28-13-27-19)16-9-10-23-17-5-2-1-4-15(16)17/h1-2,4-5,7-10,12,18,21H,3,6,11,13H2,(H,25,26). The van der Waals surface area contributed by atoms with E-state index in [9.17, 15) is 9.90 Å².